The predicted octanol–water partition coefficient (Wildman–Crippen LogP) is 0.844. The summed E-state index contributed by atoms with van der Waals surface area (Å²) in [5.74, 6) is 0.738. The van der Waals surface area contributed by atoms with Gasteiger partial charge < -0.3 is 14.9 Å². The molecule has 0 amide bonds. The number of carboxylic acid groups (broad SMARTS) is 1. The second-order valence-electron chi connectivity index (χ2n) is 4.73. The lowest BCUT2D eigenvalue weighted by molar-refractivity contribution is -0.142. The number of anilines is 2. The van der Waals surface area contributed by atoms with Crippen molar-refractivity contribution in [1.29, 1.82) is 0 Å². The highest BCUT2D eigenvalue weighted by molar-refractivity contribution is 5.70. The Labute approximate surface area is 106 Å². The lowest BCUT2D eigenvalue weighted by Crippen LogP contribution is -2.36. The van der Waals surface area contributed by atoms with Gasteiger partial charge in [-0.05, 0) is 12.8 Å². The van der Waals surface area contributed by atoms with Crippen LogP contribution in [0, 0.1) is 5.92 Å². The van der Waals surface area contributed by atoms with E-state index in [1.54, 1.807) is 12.4 Å². The van der Waals surface area contributed by atoms with Crippen LogP contribution < -0.4 is 9.80 Å². The van der Waals surface area contributed by atoms with E-state index < -0.39 is 5.97 Å². The van der Waals surface area contributed by atoms with Gasteiger partial charge in [0.15, 0.2) is 0 Å². The Hall–Kier alpha value is -1.85. The van der Waals surface area contributed by atoms with Crippen molar-refractivity contribution in [2.75, 3.05) is 37.0 Å². The summed E-state index contributed by atoms with van der Waals surface area (Å²) in [5, 5.41) is 8.94. The number of carboxylic acids is 1. The second-order valence-corrected chi connectivity index (χ2v) is 4.73. The number of nitrogens with zero attached hydrogens (tertiary/aromatic N) is 4. The Morgan fingerprint density at radius 3 is 2.44 bits per heavy atom. The fourth-order valence-corrected chi connectivity index (χ4v) is 2.06. The van der Waals surface area contributed by atoms with Crippen molar-refractivity contribution >= 4 is 17.6 Å². The van der Waals surface area contributed by atoms with Gasteiger partial charge in [-0.25, -0.2) is 9.97 Å². The van der Waals surface area contributed by atoms with Crippen LogP contribution in [-0.4, -0.2) is 48.2 Å². The third-order valence-corrected chi connectivity index (χ3v) is 3.25. The first-order valence-corrected chi connectivity index (χ1v) is 6.05. The monoisotopic (exact) mass is 250 g/mol. The average Bonchev–Trinajstić information content (AvgIpc) is 2.39. The number of aliphatic carboxylic acids is 1. The zero-order valence-electron chi connectivity index (χ0n) is 10.7. The average molecular weight is 250 g/mol. The summed E-state index contributed by atoms with van der Waals surface area (Å²) in [6.07, 6.45) is 4.83. The van der Waals surface area contributed by atoms with Gasteiger partial charge in [-0.2, -0.15) is 0 Å². The molecule has 6 nitrogen and oxygen atoms in total. The molecular weight excluding hydrogens is 232 g/mol. The molecule has 1 aliphatic heterocycles. The maximum atomic E-state index is 10.9. The van der Waals surface area contributed by atoms with E-state index >= 15 is 0 Å². The van der Waals surface area contributed by atoms with Gasteiger partial charge >= 0.3 is 5.97 Å². The van der Waals surface area contributed by atoms with Crippen molar-refractivity contribution in [2.24, 2.45) is 5.92 Å². The molecule has 1 aliphatic rings. The van der Waals surface area contributed by atoms with Crippen LogP contribution in [0.4, 0.5) is 11.6 Å². The number of hydrogen-bond donors (Lipinski definition) is 1. The Morgan fingerprint density at radius 1 is 1.33 bits per heavy atom. The standard InChI is InChI=1S/C12H18N4O2/c1-15(2)10-7-14-11(8-13-10)16-5-3-9(4-6-16)12(17)18/h7-9H,3-6H2,1-2H3,(H,17,18). The number of hydrogen-bond acceptors (Lipinski definition) is 5. The fraction of sp³-hybridized carbons (Fsp3) is 0.583. The van der Waals surface area contributed by atoms with Crippen molar-refractivity contribution < 1.29 is 9.90 Å². The molecule has 0 aromatic carbocycles. The molecule has 0 radical (unpaired) electrons. The fourth-order valence-electron chi connectivity index (χ4n) is 2.06. The molecular formula is C12H18N4O2. The lowest BCUT2D eigenvalue weighted by atomic mass is 9.97. The first-order valence-electron chi connectivity index (χ1n) is 6.05. The zero-order chi connectivity index (χ0) is 13.1. The van der Waals surface area contributed by atoms with Gasteiger partial charge in [0, 0.05) is 27.2 Å². The van der Waals surface area contributed by atoms with Gasteiger partial charge in [0.05, 0.1) is 18.3 Å². The topological polar surface area (TPSA) is 69.6 Å². The van der Waals surface area contributed by atoms with Crippen LogP contribution >= 0.6 is 0 Å². The van der Waals surface area contributed by atoms with E-state index in [4.69, 9.17) is 5.11 Å². The Bertz CT molecular complexity index is 411. The van der Waals surface area contributed by atoms with E-state index in [9.17, 15) is 4.79 Å². The molecule has 0 unspecified atom stereocenters. The maximum Gasteiger partial charge on any atom is 0.306 e. The van der Waals surface area contributed by atoms with Crippen molar-refractivity contribution in [1.82, 2.24) is 9.97 Å². The van der Waals surface area contributed by atoms with Crippen molar-refractivity contribution in [3.05, 3.63) is 12.4 Å². The van der Waals surface area contributed by atoms with Crippen molar-refractivity contribution in [2.45, 2.75) is 12.8 Å². The van der Waals surface area contributed by atoms with E-state index in [-0.39, 0.29) is 5.92 Å². The quantitative estimate of drug-likeness (QED) is 0.857. The number of piperidine rings is 1. The van der Waals surface area contributed by atoms with E-state index in [1.165, 1.54) is 0 Å². The Morgan fingerprint density at radius 2 is 2.00 bits per heavy atom. The molecule has 6 heteroatoms. The second kappa shape index (κ2) is 5.20. The summed E-state index contributed by atoms with van der Waals surface area (Å²) in [6, 6.07) is 0. The number of carbonyl (C=O) groups is 1. The van der Waals surface area contributed by atoms with Gasteiger partial charge in [0.25, 0.3) is 0 Å². The molecule has 1 aromatic heterocycles. The molecule has 0 bridgehead atoms. The van der Waals surface area contributed by atoms with Crippen LogP contribution in [0.1, 0.15) is 12.8 Å². The molecule has 1 saturated heterocycles. The van der Waals surface area contributed by atoms with Gasteiger partial charge in [0.1, 0.15) is 11.6 Å². The van der Waals surface area contributed by atoms with Crippen molar-refractivity contribution in [3.63, 3.8) is 0 Å². The molecule has 1 fully saturated rings. The van der Waals surface area contributed by atoms with Crippen molar-refractivity contribution in [3.8, 4) is 0 Å². The Kier molecular flexibility index (Phi) is 3.64. The zero-order valence-corrected chi connectivity index (χ0v) is 10.7. The van der Waals surface area contributed by atoms with Gasteiger partial charge in [-0.15, -0.1) is 0 Å². The third-order valence-electron chi connectivity index (χ3n) is 3.25. The Balaban J connectivity index is 1.99. The van der Waals surface area contributed by atoms with E-state index in [1.807, 2.05) is 19.0 Å². The van der Waals surface area contributed by atoms with E-state index in [0.717, 1.165) is 24.7 Å². The van der Waals surface area contributed by atoms with Crippen LogP contribution in [0.5, 0.6) is 0 Å². The molecule has 0 aliphatic carbocycles. The summed E-state index contributed by atoms with van der Waals surface area (Å²) < 4.78 is 0. The molecule has 2 heterocycles. The summed E-state index contributed by atoms with van der Waals surface area (Å²) in [5.41, 5.74) is 0. The number of rotatable bonds is 3. The first-order chi connectivity index (χ1) is 8.58. The molecule has 98 valence electrons. The SMILES string of the molecule is CN(C)c1cnc(N2CCC(C(=O)O)CC2)cn1. The van der Waals surface area contributed by atoms with Gasteiger partial charge in [-0.1, -0.05) is 0 Å². The highest BCUT2D eigenvalue weighted by Gasteiger charge is 2.25. The summed E-state index contributed by atoms with van der Waals surface area (Å²) in [7, 11) is 3.84. The minimum atomic E-state index is -0.691. The molecule has 0 atom stereocenters. The first kappa shape index (κ1) is 12.6. The minimum Gasteiger partial charge on any atom is -0.481 e. The van der Waals surface area contributed by atoms with E-state index in [2.05, 4.69) is 14.9 Å². The minimum absolute atomic E-state index is 0.213. The summed E-state index contributed by atoms with van der Waals surface area (Å²) >= 11 is 0. The molecule has 2 rings (SSSR count). The lowest BCUT2D eigenvalue weighted by Gasteiger charge is -2.30. The normalized spacial score (nSPS) is 16.7. The van der Waals surface area contributed by atoms with Gasteiger partial charge in [0.2, 0.25) is 0 Å². The molecule has 0 saturated carbocycles. The van der Waals surface area contributed by atoms with Crippen LogP contribution in [-0.2, 0) is 4.79 Å². The highest BCUT2D eigenvalue weighted by atomic mass is 16.4. The number of aromatic nitrogens is 2. The molecule has 1 N–H and O–H groups in total. The summed E-state index contributed by atoms with van der Waals surface area (Å²) in [4.78, 5) is 23.5. The highest BCUT2D eigenvalue weighted by Crippen LogP contribution is 2.21. The van der Waals surface area contributed by atoms with E-state index in [0.29, 0.717) is 12.8 Å². The smallest absolute Gasteiger partial charge is 0.306 e. The predicted molar refractivity (Wildman–Crippen MR) is 68.9 cm³/mol. The third kappa shape index (κ3) is 2.69. The van der Waals surface area contributed by atoms with Crippen LogP contribution in [0.25, 0.3) is 0 Å². The molecule has 18 heavy (non-hydrogen) atoms. The van der Waals surface area contributed by atoms with Gasteiger partial charge in [-0.3, -0.25) is 4.79 Å². The summed E-state index contributed by atoms with van der Waals surface area (Å²) in [6.45, 7) is 1.46. The largest absolute Gasteiger partial charge is 0.481 e. The van der Waals surface area contributed by atoms with Crippen LogP contribution in [0.15, 0.2) is 12.4 Å². The molecule has 0 spiro atoms. The van der Waals surface area contributed by atoms with Crippen LogP contribution in [0.3, 0.4) is 0 Å². The van der Waals surface area contributed by atoms with Crippen LogP contribution in [0.2, 0.25) is 0 Å². The maximum absolute atomic E-state index is 10.9. The molecule has 1 aromatic rings.